The van der Waals surface area contributed by atoms with E-state index in [0.29, 0.717) is 12.1 Å². The molecule has 1 aromatic rings. The molecule has 2 rings (SSSR count). The molecule has 1 fully saturated rings. The van der Waals surface area contributed by atoms with E-state index in [1.807, 2.05) is 0 Å². The molecule has 0 aromatic carbocycles. The van der Waals surface area contributed by atoms with Gasteiger partial charge in [-0.25, -0.2) is 9.37 Å². The number of halogens is 1. The van der Waals surface area contributed by atoms with Crippen molar-refractivity contribution in [3.8, 4) is 0 Å². The quantitative estimate of drug-likeness (QED) is 0.891. The molecule has 1 atom stereocenters. The van der Waals surface area contributed by atoms with E-state index in [0.717, 1.165) is 18.9 Å². The normalized spacial score (nSPS) is 20.4. The molecule has 100 valence electrons. The number of hydrogen-bond acceptors (Lipinski definition) is 3. The number of rotatable bonds is 4. The van der Waals surface area contributed by atoms with Gasteiger partial charge in [-0.05, 0) is 31.4 Å². The summed E-state index contributed by atoms with van der Waals surface area (Å²) in [4.78, 5) is 6.51. The predicted octanol–water partition coefficient (Wildman–Crippen LogP) is 2.58. The zero-order valence-electron chi connectivity index (χ0n) is 11.2. The van der Waals surface area contributed by atoms with Crippen LogP contribution in [-0.4, -0.2) is 30.2 Å². The summed E-state index contributed by atoms with van der Waals surface area (Å²) in [6, 6.07) is 4.24. The third-order valence-corrected chi connectivity index (χ3v) is 3.39. The Morgan fingerprint density at radius 1 is 1.44 bits per heavy atom. The van der Waals surface area contributed by atoms with Gasteiger partial charge >= 0.3 is 0 Å². The lowest BCUT2D eigenvalue weighted by atomic mass is 10.0. The van der Waals surface area contributed by atoms with Gasteiger partial charge in [-0.2, -0.15) is 0 Å². The van der Waals surface area contributed by atoms with Crippen LogP contribution in [0.1, 0.15) is 33.1 Å². The zero-order valence-corrected chi connectivity index (χ0v) is 11.2. The van der Waals surface area contributed by atoms with E-state index in [2.05, 4.69) is 29.0 Å². The first kappa shape index (κ1) is 13.3. The van der Waals surface area contributed by atoms with E-state index in [1.54, 1.807) is 6.07 Å². The fourth-order valence-electron chi connectivity index (χ4n) is 2.42. The minimum atomic E-state index is -0.271. The minimum absolute atomic E-state index is 0.271. The van der Waals surface area contributed by atoms with Crippen LogP contribution >= 0.6 is 0 Å². The first-order valence-electron chi connectivity index (χ1n) is 6.78. The molecule has 0 spiro atoms. The molecule has 0 bridgehead atoms. The molecular formula is C14H22FN3. The summed E-state index contributed by atoms with van der Waals surface area (Å²) in [7, 11) is 0. The molecule has 0 aliphatic carbocycles. The number of hydrogen-bond donors (Lipinski definition) is 1. The number of piperidine rings is 1. The van der Waals surface area contributed by atoms with Gasteiger partial charge in [0.05, 0.1) is 6.20 Å². The molecule has 1 unspecified atom stereocenters. The highest BCUT2D eigenvalue weighted by molar-refractivity contribution is 5.40. The second-order valence-corrected chi connectivity index (χ2v) is 5.24. The Morgan fingerprint density at radius 3 is 2.94 bits per heavy atom. The van der Waals surface area contributed by atoms with E-state index in [4.69, 9.17) is 0 Å². The van der Waals surface area contributed by atoms with Crippen LogP contribution in [0.4, 0.5) is 10.2 Å². The van der Waals surface area contributed by atoms with Crippen LogP contribution in [0.2, 0.25) is 0 Å². The van der Waals surface area contributed by atoms with E-state index in [-0.39, 0.29) is 5.82 Å². The van der Waals surface area contributed by atoms with E-state index < -0.39 is 0 Å². The number of pyridine rings is 1. The lowest BCUT2D eigenvalue weighted by molar-refractivity contribution is 0.418. The number of anilines is 1. The van der Waals surface area contributed by atoms with Gasteiger partial charge in [-0.3, -0.25) is 0 Å². The Labute approximate surface area is 108 Å². The molecule has 1 aromatic heterocycles. The maximum atomic E-state index is 12.9. The lowest BCUT2D eigenvalue weighted by Gasteiger charge is -2.37. The Bertz CT molecular complexity index is 364. The summed E-state index contributed by atoms with van der Waals surface area (Å²) in [5, 5.41) is 3.48. The predicted molar refractivity (Wildman–Crippen MR) is 72.3 cm³/mol. The van der Waals surface area contributed by atoms with Crippen molar-refractivity contribution in [3.05, 3.63) is 24.1 Å². The van der Waals surface area contributed by atoms with E-state index in [9.17, 15) is 4.39 Å². The fraction of sp³-hybridized carbons (Fsp3) is 0.643. The van der Waals surface area contributed by atoms with E-state index in [1.165, 1.54) is 31.5 Å². The second-order valence-electron chi connectivity index (χ2n) is 5.24. The molecule has 4 heteroatoms. The van der Waals surface area contributed by atoms with Crippen LogP contribution in [0.5, 0.6) is 0 Å². The SMILES string of the molecule is CC(C)NCC1CCCCN1c1ccc(F)cn1. The molecule has 1 aliphatic rings. The van der Waals surface area contributed by atoms with Crippen LogP contribution in [0.25, 0.3) is 0 Å². The van der Waals surface area contributed by atoms with Crippen LogP contribution < -0.4 is 10.2 Å². The average Bonchev–Trinajstić information content (AvgIpc) is 2.38. The average molecular weight is 251 g/mol. The smallest absolute Gasteiger partial charge is 0.141 e. The summed E-state index contributed by atoms with van der Waals surface area (Å²) in [5.41, 5.74) is 0. The largest absolute Gasteiger partial charge is 0.352 e. The van der Waals surface area contributed by atoms with Gasteiger partial charge in [-0.15, -0.1) is 0 Å². The number of nitrogens with one attached hydrogen (secondary N) is 1. The van der Waals surface area contributed by atoms with Crippen LogP contribution in [0.3, 0.4) is 0 Å². The Morgan fingerprint density at radius 2 is 2.28 bits per heavy atom. The van der Waals surface area contributed by atoms with Gasteiger partial charge in [-0.1, -0.05) is 13.8 Å². The highest BCUT2D eigenvalue weighted by Gasteiger charge is 2.23. The van der Waals surface area contributed by atoms with Crippen molar-refractivity contribution in [1.29, 1.82) is 0 Å². The highest BCUT2D eigenvalue weighted by Crippen LogP contribution is 2.22. The minimum Gasteiger partial charge on any atom is -0.352 e. The lowest BCUT2D eigenvalue weighted by Crippen LogP contribution is -2.47. The van der Waals surface area contributed by atoms with Gasteiger partial charge in [0.2, 0.25) is 0 Å². The summed E-state index contributed by atoms with van der Waals surface area (Å²) >= 11 is 0. The molecule has 1 N–H and O–H groups in total. The number of nitrogens with zero attached hydrogens (tertiary/aromatic N) is 2. The van der Waals surface area contributed by atoms with Gasteiger partial charge in [0.1, 0.15) is 11.6 Å². The third-order valence-electron chi connectivity index (χ3n) is 3.39. The van der Waals surface area contributed by atoms with Crippen molar-refractivity contribution in [2.24, 2.45) is 0 Å². The van der Waals surface area contributed by atoms with Crippen LogP contribution in [0, 0.1) is 5.82 Å². The summed E-state index contributed by atoms with van der Waals surface area (Å²) in [5.74, 6) is 0.624. The monoisotopic (exact) mass is 251 g/mol. The van der Waals surface area contributed by atoms with E-state index >= 15 is 0 Å². The molecule has 1 saturated heterocycles. The summed E-state index contributed by atoms with van der Waals surface area (Å²) in [6.07, 6.45) is 4.94. The van der Waals surface area contributed by atoms with Crippen LogP contribution in [-0.2, 0) is 0 Å². The fourth-order valence-corrected chi connectivity index (χ4v) is 2.42. The van der Waals surface area contributed by atoms with Gasteiger partial charge in [0, 0.05) is 25.2 Å². The van der Waals surface area contributed by atoms with Crippen molar-refractivity contribution < 1.29 is 4.39 Å². The standard InChI is InChI=1S/C14H22FN3/c1-11(2)16-10-13-5-3-4-8-18(13)14-7-6-12(15)9-17-14/h6-7,9,11,13,16H,3-5,8,10H2,1-2H3. The van der Waals surface area contributed by atoms with Gasteiger partial charge in [0.15, 0.2) is 0 Å². The molecule has 0 amide bonds. The topological polar surface area (TPSA) is 28.2 Å². The van der Waals surface area contributed by atoms with Crippen molar-refractivity contribution in [1.82, 2.24) is 10.3 Å². The Balaban J connectivity index is 2.05. The molecule has 18 heavy (non-hydrogen) atoms. The maximum Gasteiger partial charge on any atom is 0.141 e. The van der Waals surface area contributed by atoms with Gasteiger partial charge < -0.3 is 10.2 Å². The highest BCUT2D eigenvalue weighted by atomic mass is 19.1. The molecule has 1 aliphatic heterocycles. The van der Waals surface area contributed by atoms with Gasteiger partial charge in [0.25, 0.3) is 0 Å². The molecule has 0 radical (unpaired) electrons. The first-order valence-corrected chi connectivity index (χ1v) is 6.78. The Kier molecular flexibility index (Phi) is 4.53. The first-order chi connectivity index (χ1) is 8.66. The molecule has 0 saturated carbocycles. The van der Waals surface area contributed by atoms with Crippen molar-refractivity contribution >= 4 is 5.82 Å². The van der Waals surface area contributed by atoms with Crippen molar-refractivity contribution in [2.45, 2.75) is 45.2 Å². The summed E-state index contributed by atoms with van der Waals surface area (Å²) < 4.78 is 12.9. The zero-order chi connectivity index (χ0) is 13.0. The maximum absolute atomic E-state index is 12.9. The second kappa shape index (κ2) is 6.14. The van der Waals surface area contributed by atoms with Crippen molar-refractivity contribution in [2.75, 3.05) is 18.0 Å². The summed E-state index contributed by atoms with van der Waals surface area (Å²) in [6.45, 7) is 6.30. The number of aromatic nitrogens is 1. The molecule has 2 heterocycles. The Hall–Kier alpha value is -1.16. The van der Waals surface area contributed by atoms with Crippen molar-refractivity contribution in [3.63, 3.8) is 0 Å². The molecule has 3 nitrogen and oxygen atoms in total. The molecular weight excluding hydrogens is 229 g/mol. The third kappa shape index (κ3) is 3.42. The van der Waals surface area contributed by atoms with Crippen LogP contribution in [0.15, 0.2) is 18.3 Å².